The molecule has 2 rings (SSSR count). The zero-order valence-electron chi connectivity index (χ0n) is 9.52. The lowest BCUT2D eigenvalue weighted by molar-refractivity contribution is 0.574. The minimum Gasteiger partial charge on any atom is -0.311 e. The average Bonchev–Trinajstić information content (AvgIpc) is 2.61. The molecule has 17 heavy (non-hydrogen) atoms. The summed E-state index contributed by atoms with van der Waals surface area (Å²) in [5.74, 6) is 0.359. The van der Waals surface area contributed by atoms with E-state index in [2.05, 4.69) is 21.2 Å². The minimum atomic E-state index is -2.82. The molecule has 0 bridgehead atoms. The molecule has 0 radical (unpaired) electrons. The zero-order valence-corrected chi connectivity index (χ0v) is 11.9. The third kappa shape index (κ3) is 3.53. The molecular formula is C12H16BrNO2S. The first-order valence-corrected chi connectivity index (χ1v) is 8.25. The fraction of sp³-hybridized carbons (Fsp3) is 0.500. The molecule has 1 unspecified atom stereocenters. The summed E-state index contributed by atoms with van der Waals surface area (Å²) < 4.78 is 24.3. The first kappa shape index (κ1) is 13.1. The van der Waals surface area contributed by atoms with E-state index in [-0.39, 0.29) is 5.25 Å². The van der Waals surface area contributed by atoms with Crippen LogP contribution in [0.2, 0.25) is 0 Å². The Hall–Kier alpha value is -0.390. The highest BCUT2D eigenvalue weighted by molar-refractivity contribution is 9.10. The Morgan fingerprint density at radius 1 is 1.29 bits per heavy atom. The molecule has 1 aliphatic rings. The van der Waals surface area contributed by atoms with Gasteiger partial charge in [-0.1, -0.05) is 28.1 Å². The monoisotopic (exact) mass is 317 g/mol. The molecule has 0 aliphatic carbocycles. The summed E-state index contributed by atoms with van der Waals surface area (Å²) in [5, 5.41) is 3.04. The molecule has 5 heteroatoms. The summed E-state index contributed by atoms with van der Waals surface area (Å²) in [6.45, 7) is 1.29. The van der Waals surface area contributed by atoms with E-state index in [0.717, 1.165) is 23.9 Å². The van der Waals surface area contributed by atoms with Crippen molar-refractivity contribution in [3.05, 3.63) is 34.3 Å². The lowest BCUT2D eigenvalue weighted by atomic mass is 10.2. The first-order valence-electron chi connectivity index (χ1n) is 5.75. The van der Waals surface area contributed by atoms with Crippen molar-refractivity contribution in [2.75, 3.05) is 12.3 Å². The fourth-order valence-electron chi connectivity index (χ4n) is 2.07. The number of benzene rings is 1. The van der Waals surface area contributed by atoms with Gasteiger partial charge in [-0.2, -0.15) is 0 Å². The van der Waals surface area contributed by atoms with Crippen LogP contribution in [0.25, 0.3) is 0 Å². The number of sulfone groups is 1. The van der Waals surface area contributed by atoms with Crippen LogP contribution in [0.4, 0.5) is 0 Å². The number of nitrogens with one attached hydrogen (secondary N) is 1. The van der Waals surface area contributed by atoms with Crippen LogP contribution in [-0.2, 0) is 16.4 Å². The Bertz CT molecular complexity index is 470. The van der Waals surface area contributed by atoms with Crippen molar-refractivity contribution in [3.63, 3.8) is 0 Å². The number of rotatable bonds is 4. The highest BCUT2D eigenvalue weighted by Crippen LogP contribution is 2.19. The van der Waals surface area contributed by atoms with Crippen LogP contribution in [0.1, 0.15) is 18.4 Å². The number of hydrogen-bond acceptors (Lipinski definition) is 3. The molecule has 1 saturated heterocycles. The Morgan fingerprint density at radius 2 is 2.00 bits per heavy atom. The van der Waals surface area contributed by atoms with Crippen LogP contribution in [0.15, 0.2) is 28.7 Å². The molecule has 1 aromatic carbocycles. The molecule has 3 nitrogen and oxygen atoms in total. The van der Waals surface area contributed by atoms with E-state index in [0.29, 0.717) is 12.3 Å². The molecule has 1 aliphatic heterocycles. The second-order valence-electron chi connectivity index (χ2n) is 4.39. The van der Waals surface area contributed by atoms with Crippen molar-refractivity contribution >= 4 is 25.8 Å². The van der Waals surface area contributed by atoms with Gasteiger partial charge in [0, 0.05) is 17.6 Å². The molecule has 0 saturated carbocycles. The second kappa shape index (κ2) is 5.50. The van der Waals surface area contributed by atoms with Gasteiger partial charge < -0.3 is 5.32 Å². The molecule has 0 amide bonds. The van der Waals surface area contributed by atoms with Crippen molar-refractivity contribution in [1.82, 2.24) is 5.32 Å². The third-order valence-corrected chi connectivity index (χ3v) is 5.88. The van der Waals surface area contributed by atoms with E-state index in [1.54, 1.807) is 0 Å². The van der Waals surface area contributed by atoms with Crippen LogP contribution in [-0.4, -0.2) is 26.0 Å². The van der Waals surface area contributed by atoms with E-state index in [1.165, 1.54) is 5.56 Å². The number of halogens is 1. The third-order valence-electron chi connectivity index (χ3n) is 3.08. The normalized spacial score (nSPS) is 22.8. The van der Waals surface area contributed by atoms with Gasteiger partial charge in [0.05, 0.1) is 11.0 Å². The van der Waals surface area contributed by atoms with Crippen molar-refractivity contribution in [1.29, 1.82) is 0 Å². The standard InChI is InChI=1S/C12H16BrNO2S/c13-11-5-3-10(4-6-11)8-14-9-12-2-1-7-17(12,15)16/h3-6,12,14H,1-2,7-9H2. The minimum absolute atomic E-state index is 0.182. The van der Waals surface area contributed by atoms with Gasteiger partial charge in [0.1, 0.15) is 0 Å². The van der Waals surface area contributed by atoms with Gasteiger partial charge in [0.15, 0.2) is 9.84 Å². The summed E-state index contributed by atoms with van der Waals surface area (Å²) in [5.41, 5.74) is 1.17. The molecule has 0 spiro atoms. The summed E-state index contributed by atoms with van der Waals surface area (Å²) in [7, 11) is -2.82. The molecule has 1 atom stereocenters. The Labute approximate surface area is 111 Å². The molecule has 1 aromatic rings. The molecular weight excluding hydrogens is 302 g/mol. The summed E-state index contributed by atoms with van der Waals surface area (Å²) >= 11 is 3.38. The van der Waals surface area contributed by atoms with Gasteiger partial charge in [0.25, 0.3) is 0 Å². The van der Waals surface area contributed by atoms with E-state index in [1.807, 2.05) is 24.3 Å². The summed E-state index contributed by atoms with van der Waals surface area (Å²) in [6, 6.07) is 8.03. The second-order valence-corrected chi connectivity index (χ2v) is 7.70. The van der Waals surface area contributed by atoms with Crippen LogP contribution >= 0.6 is 15.9 Å². The average molecular weight is 318 g/mol. The number of hydrogen-bond donors (Lipinski definition) is 1. The predicted molar refractivity (Wildman–Crippen MR) is 72.7 cm³/mol. The molecule has 1 heterocycles. The molecule has 94 valence electrons. The van der Waals surface area contributed by atoms with Crippen LogP contribution in [0.3, 0.4) is 0 Å². The van der Waals surface area contributed by atoms with Crippen LogP contribution in [0, 0.1) is 0 Å². The maximum atomic E-state index is 11.6. The molecule has 1 N–H and O–H groups in total. The Kier molecular flexibility index (Phi) is 4.22. The van der Waals surface area contributed by atoms with Crippen molar-refractivity contribution in [3.8, 4) is 0 Å². The van der Waals surface area contributed by atoms with Gasteiger partial charge >= 0.3 is 0 Å². The summed E-state index contributed by atoms with van der Waals surface area (Å²) in [4.78, 5) is 0. The Morgan fingerprint density at radius 3 is 2.59 bits per heavy atom. The predicted octanol–water partition coefficient (Wildman–Crippen LogP) is 2.12. The quantitative estimate of drug-likeness (QED) is 0.925. The fourth-order valence-corrected chi connectivity index (χ4v) is 4.13. The van der Waals surface area contributed by atoms with Crippen LogP contribution < -0.4 is 5.32 Å². The highest BCUT2D eigenvalue weighted by Gasteiger charge is 2.30. The van der Waals surface area contributed by atoms with E-state index in [9.17, 15) is 8.42 Å². The highest BCUT2D eigenvalue weighted by atomic mass is 79.9. The Balaban J connectivity index is 1.82. The summed E-state index contributed by atoms with van der Waals surface area (Å²) in [6.07, 6.45) is 1.61. The smallest absolute Gasteiger partial charge is 0.154 e. The van der Waals surface area contributed by atoms with E-state index in [4.69, 9.17) is 0 Å². The van der Waals surface area contributed by atoms with Gasteiger partial charge in [-0.15, -0.1) is 0 Å². The maximum Gasteiger partial charge on any atom is 0.154 e. The van der Waals surface area contributed by atoms with Gasteiger partial charge in [0.2, 0.25) is 0 Å². The lowest BCUT2D eigenvalue weighted by Gasteiger charge is -2.10. The van der Waals surface area contributed by atoms with Crippen molar-refractivity contribution < 1.29 is 8.42 Å². The molecule has 1 fully saturated rings. The van der Waals surface area contributed by atoms with E-state index < -0.39 is 9.84 Å². The maximum absolute atomic E-state index is 11.6. The SMILES string of the molecule is O=S1(=O)CCCC1CNCc1ccc(Br)cc1. The van der Waals surface area contributed by atoms with Gasteiger partial charge in [-0.3, -0.25) is 0 Å². The van der Waals surface area contributed by atoms with Crippen LogP contribution in [0.5, 0.6) is 0 Å². The lowest BCUT2D eigenvalue weighted by Crippen LogP contribution is -2.30. The topological polar surface area (TPSA) is 46.2 Å². The van der Waals surface area contributed by atoms with Gasteiger partial charge in [-0.05, 0) is 30.5 Å². The van der Waals surface area contributed by atoms with Gasteiger partial charge in [-0.25, -0.2) is 8.42 Å². The van der Waals surface area contributed by atoms with Crippen molar-refractivity contribution in [2.45, 2.75) is 24.6 Å². The van der Waals surface area contributed by atoms with Crippen molar-refractivity contribution in [2.24, 2.45) is 0 Å². The van der Waals surface area contributed by atoms with E-state index >= 15 is 0 Å². The molecule has 0 aromatic heterocycles. The first-order chi connectivity index (χ1) is 8.08. The largest absolute Gasteiger partial charge is 0.311 e. The zero-order chi connectivity index (χ0) is 12.3.